The highest BCUT2D eigenvalue weighted by Crippen LogP contribution is 2.23. The van der Waals surface area contributed by atoms with Crippen LogP contribution in [0.1, 0.15) is 10.4 Å². The summed E-state index contributed by atoms with van der Waals surface area (Å²) in [5.74, 6) is -0.390. The first-order valence-electron chi connectivity index (χ1n) is 9.23. The van der Waals surface area contributed by atoms with Gasteiger partial charge in [0.05, 0.1) is 16.2 Å². The van der Waals surface area contributed by atoms with Crippen LogP contribution in [0.2, 0.25) is 5.02 Å². The van der Waals surface area contributed by atoms with E-state index >= 15 is 0 Å². The molecule has 154 valence electrons. The molecule has 1 aromatic carbocycles. The number of anilines is 1. The molecule has 3 heterocycles. The normalized spacial score (nSPS) is 11.1. The van der Waals surface area contributed by atoms with E-state index in [2.05, 4.69) is 5.32 Å². The monoisotopic (exact) mass is 459 g/mol. The standard InChI is InChI=1S/C21H18ClN3O3S2/c1-13-4-5-16(15(22)11-13)23-18(26)12-25-17-7-10-30-19(17)20(27)24(21(25)28)8-6-14-3-2-9-29-14/h2-5,7,9-11H,6,8,12H2,1H3,(H,23,26). The van der Waals surface area contributed by atoms with Crippen LogP contribution in [-0.4, -0.2) is 15.0 Å². The van der Waals surface area contributed by atoms with Crippen molar-refractivity contribution in [1.29, 1.82) is 0 Å². The van der Waals surface area contributed by atoms with Crippen molar-refractivity contribution in [2.45, 2.75) is 26.4 Å². The molecular weight excluding hydrogens is 442 g/mol. The number of halogens is 1. The van der Waals surface area contributed by atoms with Crippen LogP contribution in [0, 0.1) is 6.92 Å². The number of aromatic nitrogens is 2. The maximum absolute atomic E-state index is 13.1. The van der Waals surface area contributed by atoms with Crippen LogP contribution < -0.4 is 16.6 Å². The molecule has 1 amide bonds. The predicted molar refractivity (Wildman–Crippen MR) is 123 cm³/mol. The fourth-order valence-electron chi connectivity index (χ4n) is 3.21. The van der Waals surface area contributed by atoms with Gasteiger partial charge in [0.2, 0.25) is 5.91 Å². The van der Waals surface area contributed by atoms with Crippen LogP contribution in [0.4, 0.5) is 5.69 Å². The Morgan fingerprint density at radius 2 is 1.93 bits per heavy atom. The maximum Gasteiger partial charge on any atom is 0.332 e. The van der Waals surface area contributed by atoms with Crippen molar-refractivity contribution >= 4 is 56.1 Å². The zero-order valence-electron chi connectivity index (χ0n) is 16.1. The zero-order valence-corrected chi connectivity index (χ0v) is 18.4. The SMILES string of the molecule is Cc1ccc(NC(=O)Cn2c(=O)n(CCc3cccs3)c(=O)c3sccc32)c(Cl)c1. The minimum atomic E-state index is -0.493. The third-order valence-electron chi connectivity index (χ3n) is 4.70. The van der Waals surface area contributed by atoms with Gasteiger partial charge in [0.25, 0.3) is 5.56 Å². The summed E-state index contributed by atoms with van der Waals surface area (Å²) in [6.07, 6.45) is 0.578. The molecular formula is C21H18ClN3O3S2. The highest BCUT2D eigenvalue weighted by molar-refractivity contribution is 7.17. The Bertz CT molecular complexity index is 1340. The number of hydrogen-bond acceptors (Lipinski definition) is 5. The molecule has 0 fully saturated rings. The van der Waals surface area contributed by atoms with Gasteiger partial charge in [-0.25, -0.2) is 4.79 Å². The molecule has 0 aliphatic rings. The summed E-state index contributed by atoms with van der Waals surface area (Å²) in [5, 5.41) is 6.88. The van der Waals surface area contributed by atoms with Crippen LogP contribution in [0.15, 0.2) is 56.7 Å². The first-order valence-corrected chi connectivity index (χ1v) is 11.4. The second-order valence-corrected chi connectivity index (χ2v) is 9.18. The van der Waals surface area contributed by atoms with Crippen molar-refractivity contribution in [3.63, 3.8) is 0 Å². The molecule has 9 heteroatoms. The number of nitrogens with one attached hydrogen (secondary N) is 1. The first-order chi connectivity index (χ1) is 14.4. The van der Waals surface area contributed by atoms with Crippen LogP contribution in [0.25, 0.3) is 10.2 Å². The number of fused-ring (bicyclic) bond motifs is 1. The molecule has 1 N–H and O–H groups in total. The first kappa shape index (κ1) is 20.6. The molecule has 30 heavy (non-hydrogen) atoms. The molecule has 3 aromatic heterocycles. The number of carbonyl (C=O) groups excluding carboxylic acids is 1. The second-order valence-electron chi connectivity index (χ2n) is 6.82. The molecule has 4 aromatic rings. The van der Waals surface area contributed by atoms with Crippen LogP contribution >= 0.6 is 34.3 Å². The van der Waals surface area contributed by atoms with Gasteiger partial charge in [-0.15, -0.1) is 22.7 Å². The summed E-state index contributed by atoms with van der Waals surface area (Å²) in [7, 11) is 0. The Kier molecular flexibility index (Phi) is 5.90. The number of nitrogens with zero attached hydrogens (tertiary/aromatic N) is 2. The average molecular weight is 460 g/mol. The Balaban J connectivity index is 1.66. The van der Waals surface area contributed by atoms with Crippen LogP contribution in [0.3, 0.4) is 0 Å². The molecule has 0 spiro atoms. The molecule has 0 radical (unpaired) electrons. The second kappa shape index (κ2) is 8.59. The van der Waals surface area contributed by atoms with E-state index in [1.54, 1.807) is 34.9 Å². The van der Waals surface area contributed by atoms with E-state index in [1.165, 1.54) is 20.5 Å². The van der Waals surface area contributed by atoms with Gasteiger partial charge in [0.1, 0.15) is 11.2 Å². The summed E-state index contributed by atoms with van der Waals surface area (Å²) < 4.78 is 3.02. The third kappa shape index (κ3) is 4.12. The lowest BCUT2D eigenvalue weighted by atomic mass is 10.2. The lowest BCUT2D eigenvalue weighted by molar-refractivity contribution is -0.116. The summed E-state index contributed by atoms with van der Waals surface area (Å²) in [6.45, 7) is 1.96. The van der Waals surface area contributed by atoms with E-state index in [1.807, 2.05) is 30.5 Å². The number of rotatable bonds is 6. The lowest BCUT2D eigenvalue weighted by Gasteiger charge is -2.13. The average Bonchev–Trinajstić information content (AvgIpc) is 3.39. The summed E-state index contributed by atoms with van der Waals surface area (Å²) in [5.41, 5.74) is 1.11. The molecule has 0 atom stereocenters. The van der Waals surface area contributed by atoms with Crippen molar-refractivity contribution in [2.75, 3.05) is 5.32 Å². The van der Waals surface area contributed by atoms with Crippen LogP contribution in [-0.2, 0) is 24.3 Å². The van der Waals surface area contributed by atoms with Crippen molar-refractivity contribution in [3.8, 4) is 0 Å². The Hall–Kier alpha value is -2.68. The minimum Gasteiger partial charge on any atom is -0.323 e. The van der Waals surface area contributed by atoms with Gasteiger partial charge in [-0.05, 0) is 53.9 Å². The molecule has 0 bridgehead atoms. The molecule has 0 saturated carbocycles. The largest absolute Gasteiger partial charge is 0.332 e. The number of carbonyl (C=O) groups is 1. The molecule has 6 nitrogen and oxygen atoms in total. The van der Waals surface area contributed by atoms with E-state index in [4.69, 9.17) is 11.6 Å². The fraction of sp³-hybridized carbons (Fsp3) is 0.190. The van der Waals surface area contributed by atoms with E-state index in [-0.39, 0.29) is 24.6 Å². The summed E-state index contributed by atoms with van der Waals surface area (Å²) in [4.78, 5) is 39.7. The predicted octanol–water partition coefficient (Wildman–Crippen LogP) is 4.13. The number of amides is 1. The van der Waals surface area contributed by atoms with Gasteiger partial charge < -0.3 is 5.32 Å². The van der Waals surface area contributed by atoms with Crippen LogP contribution in [0.5, 0.6) is 0 Å². The quantitative estimate of drug-likeness (QED) is 0.471. The summed E-state index contributed by atoms with van der Waals surface area (Å²) in [6, 6.07) is 10.9. The number of thiophene rings is 2. The smallest absolute Gasteiger partial charge is 0.323 e. The Labute approximate surface area is 185 Å². The third-order valence-corrected chi connectivity index (χ3v) is 6.84. The maximum atomic E-state index is 13.1. The molecule has 4 rings (SSSR count). The number of aryl methyl sites for hydroxylation is 2. The van der Waals surface area contributed by atoms with E-state index in [0.717, 1.165) is 10.4 Å². The Morgan fingerprint density at radius 3 is 2.67 bits per heavy atom. The molecule has 0 aliphatic heterocycles. The highest BCUT2D eigenvalue weighted by Gasteiger charge is 2.17. The molecule has 0 unspecified atom stereocenters. The van der Waals surface area contributed by atoms with E-state index < -0.39 is 5.69 Å². The van der Waals surface area contributed by atoms with Gasteiger partial charge in [-0.1, -0.05) is 23.7 Å². The van der Waals surface area contributed by atoms with Crippen molar-refractivity contribution in [2.24, 2.45) is 0 Å². The van der Waals surface area contributed by atoms with Gasteiger partial charge in [0, 0.05) is 11.4 Å². The topological polar surface area (TPSA) is 73.1 Å². The van der Waals surface area contributed by atoms with E-state index in [0.29, 0.717) is 27.3 Å². The van der Waals surface area contributed by atoms with Crippen molar-refractivity contribution < 1.29 is 4.79 Å². The van der Waals surface area contributed by atoms with Crippen molar-refractivity contribution in [1.82, 2.24) is 9.13 Å². The highest BCUT2D eigenvalue weighted by atomic mass is 35.5. The molecule has 0 aliphatic carbocycles. The molecule has 0 saturated heterocycles. The van der Waals surface area contributed by atoms with E-state index in [9.17, 15) is 14.4 Å². The van der Waals surface area contributed by atoms with Gasteiger partial charge in [0.15, 0.2) is 0 Å². The fourth-order valence-corrected chi connectivity index (χ4v) is 5.04. The summed E-state index contributed by atoms with van der Waals surface area (Å²) >= 11 is 9.04. The Morgan fingerprint density at radius 1 is 1.10 bits per heavy atom. The number of hydrogen-bond donors (Lipinski definition) is 1. The van der Waals surface area contributed by atoms with Gasteiger partial charge in [-0.3, -0.25) is 18.7 Å². The van der Waals surface area contributed by atoms with Crippen molar-refractivity contribution in [3.05, 3.63) is 83.5 Å². The van der Waals surface area contributed by atoms with Gasteiger partial charge in [-0.2, -0.15) is 0 Å². The zero-order chi connectivity index (χ0) is 21.3. The van der Waals surface area contributed by atoms with Gasteiger partial charge >= 0.3 is 5.69 Å². The lowest BCUT2D eigenvalue weighted by Crippen LogP contribution is -2.41. The minimum absolute atomic E-state index is 0.213. The number of benzene rings is 1.